The van der Waals surface area contributed by atoms with Crippen LogP contribution in [0, 0.1) is 11.6 Å². The third kappa shape index (κ3) is 2.16. The minimum atomic E-state index is -1.35. The molecule has 1 heterocycles. The molecule has 3 N–H and O–H groups in total. The van der Waals surface area contributed by atoms with Crippen molar-refractivity contribution in [1.29, 1.82) is 0 Å². The average molecular weight is 246 g/mol. The van der Waals surface area contributed by atoms with E-state index in [-0.39, 0.29) is 5.56 Å². The number of benzene rings is 1. The molecule has 1 aliphatic rings. The molecule has 1 aliphatic heterocycles. The van der Waals surface area contributed by atoms with Gasteiger partial charge in [0.1, 0.15) is 36.1 Å². The van der Waals surface area contributed by atoms with Gasteiger partial charge in [0.05, 0.1) is 6.61 Å². The lowest BCUT2D eigenvalue weighted by Crippen LogP contribution is -2.32. The highest BCUT2D eigenvalue weighted by Crippen LogP contribution is 2.34. The van der Waals surface area contributed by atoms with E-state index < -0.39 is 42.7 Å². The van der Waals surface area contributed by atoms with Crippen molar-refractivity contribution >= 4 is 0 Å². The van der Waals surface area contributed by atoms with Gasteiger partial charge in [-0.05, 0) is 6.07 Å². The van der Waals surface area contributed by atoms with E-state index in [1.165, 1.54) is 0 Å². The van der Waals surface area contributed by atoms with Crippen LogP contribution in [0.2, 0.25) is 0 Å². The van der Waals surface area contributed by atoms with Crippen LogP contribution in [0.5, 0.6) is 0 Å². The Kier molecular flexibility index (Phi) is 3.39. The van der Waals surface area contributed by atoms with Gasteiger partial charge >= 0.3 is 0 Å². The van der Waals surface area contributed by atoms with Crippen molar-refractivity contribution in [3.05, 3.63) is 35.4 Å². The zero-order chi connectivity index (χ0) is 12.6. The van der Waals surface area contributed by atoms with Crippen LogP contribution in [0.4, 0.5) is 8.78 Å². The standard InChI is InChI=1S/C11H12F2O4/c12-5-1-2-6(7(13)3-5)11-10(16)9(15)8(4-14)17-11/h1-3,8-11,14-16H,4H2/t8-,9-,10-,11+/m1/s1. The van der Waals surface area contributed by atoms with Gasteiger partial charge in [-0.15, -0.1) is 0 Å². The maximum atomic E-state index is 13.5. The Morgan fingerprint density at radius 3 is 2.41 bits per heavy atom. The number of ether oxygens (including phenoxy) is 1. The Labute approximate surface area is 96.1 Å². The van der Waals surface area contributed by atoms with Gasteiger partial charge in [-0.25, -0.2) is 8.78 Å². The normalized spacial score (nSPS) is 33.0. The number of hydrogen-bond acceptors (Lipinski definition) is 4. The fraction of sp³-hybridized carbons (Fsp3) is 0.455. The summed E-state index contributed by atoms with van der Waals surface area (Å²) in [6.07, 6.45) is -4.73. The van der Waals surface area contributed by atoms with Crippen molar-refractivity contribution in [1.82, 2.24) is 0 Å². The Morgan fingerprint density at radius 1 is 1.18 bits per heavy atom. The molecular formula is C11H12F2O4. The van der Waals surface area contributed by atoms with Crippen molar-refractivity contribution in [2.75, 3.05) is 6.61 Å². The van der Waals surface area contributed by atoms with E-state index in [9.17, 15) is 19.0 Å². The number of aliphatic hydroxyl groups excluding tert-OH is 3. The summed E-state index contributed by atoms with van der Waals surface area (Å²) in [5, 5.41) is 28.0. The highest BCUT2D eigenvalue weighted by Gasteiger charge is 2.43. The topological polar surface area (TPSA) is 69.9 Å². The van der Waals surface area contributed by atoms with Crippen molar-refractivity contribution in [2.24, 2.45) is 0 Å². The van der Waals surface area contributed by atoms with Gasteiger partial charge in [0.25, 0.3) is 0 Å². The van der Waals surface area contributed by atoms with Crippen molar-refractivity contribution in [3.63, 3.8) is 0 Å². The van der Waals surface area contributed by atoms with Gasteiger partial charge in [0.2, 0.25) is 0 Å². The Morgan fingerprint density at radius 2 is 1.88 bits per heavy atom. The molecule has 0 saturated carbocycles. The lowest BCUT2D eigenvalue weighted by Gasteiger charge is -2.15. The van der Waals surface area contributed by atoms with E-state index in [1.54, 1.807) is 0 Å². The predicted molar refractivity (Wildman–Crippen MR) is 53.1 cm³/mol. The van der Waals surface area contributed by atoms with Crippen LogP contribution in [0.25, 0.3) is 0 Å². The number of aliphatic hydroxyl groups is 3. The van der Waals surface area contributed by atoms with Crippen LogP contribution in [-0.4, -0.2) is 40.2 Å². The molecule has 0 spiro atoms. The SMILES string of the molecule is OC[C@H]1O[C@@H](c2ccc(F)cc2F)[C@H](O)[C@@H]1O. The van der Waals surface area contributed by atoms with Gasteiger partial charge < -0.3 is 20.1 Å². The highest BCUT2D eigenvalue weighted by molar-refractivity contribution is 5.23. The van der Waals surface area contributed by atoms with Crippen molar-refractivity contribution in [3.8, 4) is 0 Å². The van der Waals surface area contributed by atoms with Gasteiger partial charge in [0, 0.05) is 11.6 Å². The maximum absolute atomic E-state index is 13.5. The first-order valence-electron chi connectivity index (χ1n) is 5.12. The van der Waals surface area contributed by atoms with Crippen molar-refractivity contribution in [2.45, 2.75) is 24.4 Å². The summed E-state index contributed by atoms with van der Waals surface area (Å²) < 4.78 is 31.3. The molecule has 4 atom stereocenters. The van der Waals surface area contributed by atoms with Crippen LogP contribution >= 0.6 is 0 Å². The molecule has 1 fully saturated rings. The zero-order valence-corrected chi connectivity index (χ0v) is 8.75. The Hall–Kier alpha value is -1.08. The summed E-state index contributed by atoms with van der Waals surface area (Å²) in [6.45, 7) is -0.489. The molecule has 1 aromatic carbocycles. The molecule has 6 heteroatoms. The summed E-state index contributed by atoms with van der Waals surface area (Å²) in [5.41, 5.74) is -0.0473. The van der Waals surface area contributed by atoms with E-state index in [0.717, 1.165) is 12.1 Å². The third-order valence-electron chi connectivity index (χ3n) is 2.81. The van der Waals surface area contributed by atoms with Crippen LogP contribution in [0.1, 0.15) is 11.7 Å². The van der Waals surface area contributed by atoms with Crippen LogP contribution in [0.15, 0.2) is 18.2 Å². The molecule has 4 nitrogen and oxygen atoms in total. The maximum Gasteiger partial charge on any atom is 0.132 e. The van der Waals surface area contributed by atoms with E-state index >= 15 is 0 Å². The minimum Gasteiger partial charge on any atom is -0.394 e. The monoisotopic (exact) mass is 246 g/mol. The molecule has 1 saturated heterocycles. The number of halogens is 2. The van der Waals surface area contributed by atoms with E-state index in [0.29, 0.717) is 6.07 Å². The van der Waals surface area contributed by atoms with Crippen LogP contribution in [-0.2, 0) is 4.74 Å². The summed E-state index contributed by atoms with van der Waals surface area (Å²) >= 11 is 0. The van der Waals surface area contributed by atoms with Gasteiger partial charge in [-0.2, -0.15) is 0 Å². The minimum absolute atomic E-state index is 0.0473. The summed E-state index contributed by atoms with van der Waals surface area (Å²) in [4.78, 5) is 0. The van der Waals surface area contributed by atoms with Gasteiger partial charge in [0.15, 0.2) is 0 Å². The summed E-state index contributed by atoms with van der Waals surface area (Å²) in [5.74, 6) is -1.60. The van der Waals surface area contributed by atoms with E-state index in [1.807, 2.05) is 0 Å². The third-order valence-corrected chi connectivity index (χ3v) is 2.81. The second-order valence-electron chi connectivity index (χ2n) is 3.92. The second-order valence-corrected chi connectivity index (χ2v) is 3.92. The quantitative estimate of drug-likeness (QED) is 0.693. The first kappa shape index (κ1) is 12.4. The molecule has 17 heavy (non-hydrogen) atoms. The lowest BCUT2D eigenvalue weighted by molar-refractivity contribution is -0.0237. The molecule has 0 amide bonds. The first-order chi connectivity index (χ1) is 8.04. The molecule has 94 valence electrons. The van der Waals surface area contributed by atoms with Crippen LogP contribution in [0.3, 0.4) is 0 Å². The van der Waals surface area contributed by atoms with Crippen molar-refractivity contribution < 1.29 is 28.8 Å². The molecule has 0 unspecified atom stereocenters. The van der Waals surface area contributed by atoms with Crippen LogP contribution < -0.4 is 0 Å². The second kappa shape index (κ2) is 4.66. The molecule has 2 rings (SSSR count). The van der Waals surface area contributed by atoms with Gasteiger partial charge in [-0.3, -0.25) is 0 Å². The largest absolute Gasteiger partial charge is 0.394 e. The molecular weight excluding hydrogens is 234 g/mol. The molecule has 1 aromatic rings. The first-order valence-corrected chi connectivity index (χ1v) is 5.12. The fourth-order valence-corrected chi connectivity index (χ4v) is 1.89. The Bertz CT molecular complexity index is 412. The number of hydrogen-bond donors (Lipinski definition) is 3. The highest BCUT2D eigenvalue weighted by atomic mass is 19.1. The lowest BCUT2D eigenvalue weighted by atomic mass is 10.0. The zero-order valence-electron chi connectivity index (χ0n) is 8.75. The molecule has 0 radical (unpaired) electrons. The fourth-order valence-electron chi connectivity index (χ4n) is 1.89. The summed E-state index contributed by atoms with van der Waals surface area (Å²) in [6, 6.07) is 2.85. The molecule has 0 aliphatic carbocycles. The van der Waals surface area contributed by atoms with E-state index in [4.69, 9.17) is 9.84 Å². The molecule has 0 bridgehead atoms. The smallest absolute Gasteiger partial charge is 0.132 e. The average Bonchev–Trinajstić information content (AvgIpc) is 2.57. The summed E-state index contributed by atoms with van der Waals surface area (Å²) in [7, 11) is 0. The number of rotatable bonds is 2. The van der Waals surface area contributed by atoms with Gasteiger partial charge in [-0.1, -0.05) is 6.07 Å². The Balaban J connectivity index is 2.29. The predicted octanol–water partition coefficient (Wildman–Crippen LogP) is 0.119. The van der Waals surface area contributed by atoms with E-state index in [2.05, 4.69) is 0 Å². The molecule has 0 aromatic heterocycles.